The number of rotatable bonds is 6. The lowest BCUT2D eigenvalue weighted by molar-refractivity contribution is -0.137. The van der Waals surface area contributed by atoms with Gasteiger partial charge in [0.25, 0.3) is 0 Å². The fourth-order valence-corrected chi connectivity index (χ4v) is 5.02. The smallest absolute Gasteiger partial charge is 0.416 e. The molecular formula is C28H31F4NO4. The first kappa shape index (κ1) is 27.0. The molecule has 37 heavy (non-hydrogen) atoms. The maximum atomic E-state index is 14.6. The van der Waals surface area contributed by atoms with Crippen LogP contribution in [0.2, 0.25) is 0 Å². The van der Waals surface area contributed by atoms with E-state index in [4.69, 9.17) is 14.2 Å². The lowest BCUT2D eigenvalue weighted by Gasteiger charge is -2.28. The van der Waals surface area contributed by atoms with Crippen LogP contribution in [-0.4, -0.2) is 43.9 Å². The summed E-state index contributed by atoms with van der Waals surface area (Å²) in [5, 5.41) is 0. The van der Waals surface area contributed by atoms with Crippen molar-refractivity contribution in [1.82, 2.24) is 4.90 Å². The summed E-state index contributed by atoms with van der Waals surface area (Å²) in [7, 11) is 1.48. The van der Waals surface area contributed by atoms with Gasteiger partial charge in [-0.1, -0.05) is 25.5 Å². The molecule has 0 spiro atoms. The van der Waals surface area contributed by atoms with E-state index in [1.165, 1.54) is 18.1 Å². The number of nitrogens with zero attached hydrogens (tertiary/aromatic N) is 1. The second kappa shape index (κ2) is 10.4. The van der Waals surface area contributed by atoms with Crippen LogP contribution in [0.4, 0.5) is 22.4 Å². The quantitative estimate of drug-likeness (QED) is 0.383. The van der Waals surface area contributed by atoms with Gasteiger partial charge in [-0.15, -0.1) is 0 Å². The molecule has 0 unspecified atom stereocenters. The zero-order valence-corrected chi connectivity index (χ0v) is 21.5. The van der Waals surface area contributed by atoms with Crippen molar-refractivity contribution in [2.24, 2.45) is 0 Å². The van der Waals surface area contributed by atoms with Crippen LogP contribution in [0.5, 0.6) is 5.75 Å². The maximum absolute atomic E-state index is 14.6. The molecule has 0 bridgehead atoms. The minimum absolute atomic E-state index is 0.0428. The molecule has 2 aromatic rings. The number of carbonyl (C=O) groups excluding carboxylic acids is 1. The molecule has 0 aromatic heterocycles. The number of carbonyl (C=O) groups is 1. The molecule has 1 saturated heterocycles. The van der Waals surface area contributed by atoms with Crippen molar-refractivity contribution in [3.05, 3.63) is 69.5 Å². The number of hydrogen-bond donors (Lipinski definition) is 0. The Kier molecular flexibility index (Phi) is 7.55. The minimum atomic E-state index is -4.51. The fraction of sp³-hybridized carbons (Fsp3) is 0.464. The SMILES string of the molecule is COc1cc(F)c(C(C)C)cc1C1=C(CN2C(=O)O[C@H](c3cc(C)cc(C(F)(F)F)c3)[C@@H]2C)COCC1. The molecule has 2 aliphatic heterocycles. The highest BCUT2D eigenvalue weighted by Crippen LogP contribution is 2.40. The van der Waals surface area contributed by atoms with Gasteiger partial charge in [0, 0.05) is 18.2 Å². The number of methoxy groups -OCH3 is 1. The highest BCUT2D eigenvalue weighted by Gasteiger charge is 2.42. The summed E-state index contributed by atoms with van der Waals surface area (Å²) in [4.78, 5) is 14.4. The summed E-state index contributed by atoms with van der Waals surface area (Å²) in [6, 6.07) is 6.37. The van der Waals surface area contributed by atoms with E-state index in [1.807, 2.05) is 13.8 Å². The predicted octanol–water partition coefficient (Wildman–Crippen LogP) is 7.04. The van der Waals surface area contributed by atoms with E-state index >= 15 is 0 Å². The van der Waals surface area contributed by atoms with E-state index in [0.29, 0.717) is 35.5 Å². The number of ether oxygens (including phenoxy) is 3. The summed E-state index contributed by atoms with van der Waals surface area (Å²) in [5.74, 6) is 0.00486. The Morgan fingerprint density at radius 1 is 1.16 bits per heavy atom. The molecule has 200 valence electrons. The van der Waals surface area contributed by atoms with Gasteiger partial charge in [0.1, 0.15) is 17.7 Å². The van der Waals surface area contributed by atoms with Gasteiger partial charge in [0.2, 0.25) is 0 Å². The molecule has 2 atom stereocenters. The number of amides is 1. The van der Waals surface area contributed by atoms with Crippen LogP contribution in [0.1, 0.15) is 67.0 Å². The third-order valence-electron chi connectivity index (χ3n) is 6.97. The number of benzene rings is 2. The molecule has 2 aliphatic rings. The Hall–Kier alpha value is -3.07. The highest BCUT2D eigenvalue weighted by molar-refractivity contribution is 5.77. The minimum Gasteiger partial charge on any atom is -0.496 e. The Bertz CT molecular complexity index is 1220. The number of aryl methyl sites for hydroxylation is 1. The lowest BCUT2D eigenvalue weighted by Crippen LogP contribution is -2.35. The van der Waals surface area contributed by atoms with Crippen molar-refractivity contribution in [3.8, 4) is 5.75 Å². The number of halogens is 4. The lowest BCUT2D eigenvalue weighted by atomic mass is 9.90. The van der Waals surface area contributed by atoms with Crippen LogP contribution in [0.3, 0.4) is 0 Å². The predicted molar refractivity (Wildman–Crippen MR) is 131 cm³/mol. The standard InChI is InChI=1S/C28H31F4NO4/c1-15(2)22-11-23(25(35-5)12-24(22)29)21-6-7-36-14-19(21)13-33-17(4)26(37-27(33)34)18-8-16(3)9-20(10-18)28(30,31)32/h8-12,15,17,26H,6-7,13-14H2,1-5H3/t17-,26-/m0/s1. The maximum Gasteiger partial charge on any atom is 0.416 e. The van der Waals surface area contributed by atoms with Crippen molar-refractivity contribution in [2.75, 3.05) is 26.9 Å². The Labute approximate surface area is 214 Å². The molecule has 0 N–H and O–H groups in total. The molecule has 2 heterocycles. The molecule has 0 radical (unpaired) electrons. The van der Waals surface area contributed by atoms with Gasteiger partial charge in [-0.2, -0.15) is 13.2 Å². The van der Waals surface area contributed by atoms with E-state index < -0.39 is 30.0 Å². The van der Waals surface area contributed by atoms with Gasteiger partial charge >= 0.3 is 12.3 Å². The van der Waals surface area contributed by atoms with Crippen molar-refractivity contribution in [1.29, 1.82) is 0 Å². The molecule has 4 rings (SSSR count). The first-order chi connectivity index (χ1) is 17.4. The van der Waals surface area contributed by atoms with E-state index in [0.717, 1.165) is 28.8 Å². The molecule has 0 saturated carbocycles. The second-order valence-corrected chi connectivity index (χ2v) is 9.92. The normalized spacial score (nSPS) is 20.6. The zero-order valence-electron chi connectivity index (χ0n) is 21.5. The molecule has 1 amide bonds. The summed E-state index contributed by atoms with van der Waals surface area (Å²) in [6.45, 7) is 8.04. The molecule has 5 nitrogen and oxygen atoms in total. The Balaban J connectivity index is 1.69. The first-order valence-corrected chi connectivity index (χ1v) is 12.2. The van der Waals surface area contributed by atoms with Gasteiger partial charge in [-0.25, -0.2) is 9.18 Å². The van der Waals surface area contributed by atoms with Gasteiger partial charge in [0.05, 0.1) is 31.9 Å². The monoisotopic (exact) mass is 521 g/mol. The average Bonchev–Trinajstić information content (AvgIpc) is 3.11. The van der Waals surface area contributed by atoms with E-state index in [2.05, 4.69) is 0 Å². The third kappa shape index (κ3) is 5.46. The Morgan fingerprint density at radius 3 is 2.54 bits per heavy atom. The largest absolute Gasteiger partial charge is 0.496 e. The Morgan fingerprint density at radius 2 is 1.89 bits per heavy atom. The van der Waals surface area contributed by atoms with Crippen LogP contribution in [0.15, 0.2) is 35.9 Å². The molecular weight excluding hydrogens is 490 g/mol. The van der Waals surface area contributed by atoms with Crippen LogP contribution in [0, 0.1) is 12.7 Å². The van der Waals surface area contributed by atoms with Gasteiger partial charge in [0.15, 0.2) is 0 Å². The van der Waals surface area contributed by atoms with Crippen LogP contribution >= 0.6 is 0 Å². The third-order valence-corrected chi connectivity index (χ3v) is 6.97. The van der Waals surface area contributed by atoms with Gasteiger partial charge in [-0.05, 0) is 66.7 Å². The summed E-state index contributed by atoms with van der Waals surface area (Å²) >= 11 is 0. The molecule has 9 heteroatoms. The first-order valence-electron chi connectivity index (χ1n) is 12.2. The van der Waals surface area contributed by atoms with Crippen LogP contribution in [-0.2, 0) is 15.7 Å². The van der Waals surface area contributed by atoms with Crippen LogP contribution < -0.4 is 4.74 Å². The summed E-state index contributed by atoms with van der Waals surface area (Å²) in [6.07, 6.45) is -5.43. The number of alkyl halides is 3. The van der Waals surface area contributed by atoms with Crippen LogP contribution in [0.25, 0.3) is 5.57 Å². The molecule has 0 aliphatic carbocycles. The van der Waals surface area contributed by atoms with Gasteiger partial charge in [-0.3, -0.25) is 4.90 Å². The van der Waals surface area contributed by atoms with E-state index in [9.17, 15) is 22.4 Å². The second-order valence-electron chi connectivity index (χ2n) is 9.92. The molecule has 1 fully saturated rings. The summed E-state index contributed by atoms with van der Waals surface area (Å²) < 4.78 is 71.6. The van der Waals surface area contributed by atoms with Crippen molar-refractivity contribution in [3.63, 3.8) is 0 Å². The summed E-state index contributed by atoms with van der Waals surface area (Å²) in [5.41, 5.74) is 2.98. The fourth-order valence-electron chi connectivity index (χ4n) is 5.02. The van der Waals surface area contributed by atoms with Gasteiger partial charge < -0.3 is 14.2 Å². The number of hydrogen-bond acceptors (Lipinski definition) is 4. The van der Waals surface area contributed by atoms with E-state index in [1.54, 1.807) is 26.0 Å². The highest BCUT2D eigenvalue weighted by atomic mass is 19.4. The topological polar surface area (TPSA) is 48.0 Å². The van der Waals surface area contributed by atoms with E-state index in [-0.39, 0.29) is 24.9 Å². The van der Waals surface area contributed by atoms with Crippen molar-refractivity contribution >= 4 is 11.7 Å². The average molecular weight is 522 g/mol. The zero-order chi connectivity index (χ0) is 27.1. The van der Waals surface area contributed by atoms with Crippen molar-refractivity contribution < 1.29 is 36.6 Å². The molecule has 2 aromatic carbocycles. The van der Waals surface area contributed by atoms with Crippen molar-refractivity contribution in [2.45, 2.75) is 58.4 Å². The number of cyclic esters (lactones) is 1.